The zero-order valence-corrected chi connectivity index (χ0v) is 19.8. The molecule has 10 nitrogen and oxygen atoms in total. The van der Waals surface area contributed by atoms with Crippen molar-refractivity contribution in [2.45, 2.75) is 44.8 Å². The summed E-state index contributed by atoms with van der Waals surface area (Å²) in [6, 6.07) is 1.72. The SMILES string of the molecule is CC1CCC(Cn2c(C3(F)COC3)nc3nc(-c4noc(=O)[nH]4)nc(-c4cncc(Cl)c4)c32)CC1. The molecule has 5 heterocycles. The number of nitrogens with zero attached hydrogens (tertiary/aromatic N) is 6. The lowest BCUT2D eigenvalue weighted by Crippen LogP contribution is -2.45. The highest BCUT2D eigenvalue weighted by atomic mass is 35.5. The molecule has 2 aliphatic rings. The van der Waals surface area contributed by atoms with E-state index in [1.54, 1.807) is 12.3 Å². The van der Waals surface area contributed by atoms with Gasteiger partial charge in [-0.1, -0.05) is 36.5 Å². The van der Waals surface area contributed by atoms with E-state index in [2.05, 4.69) is 41.5 Å². The van der Waals surface area contributed by atoms with E-state index in [0.29, 0.717) is 40.2 Å². The fraction of sp³-hybridized carbons (Fsp3) is 0.478. The highest BCUT2D eigenvalue weighted by Crippen LogP contribution is 2.39. The summed E-state index contributed by atoms with van der Waals surface area (Å²) < 4.78 is 27.6. The molecule has 1 saturated carbocycles. The van der Waals surface area contributed by atoms with Gasteiger partial charge in [-0.25, -0.2) is 24.1 Å². The molecule has 0 spiro atoms. The first-order valence-electron chi connectivity index (χ1n) is 11.6. The fourth-order valence-corrected chi connectivity index (χ4v) is 5.08. The molecule has 1 aliphatic heterocycles. The molecule has 35 heavy (non-hydrogen) atoms. The van der Waals surface area contributed by atoms with Crippen LogP contribution in [0.25, 0.3) is 34.1 Å². The third-order valence-corrected chi connectivity index (χ3v) is 7.08. The van der Waals surface area contributed by atoms with Crippen molar-refractivity contribution in [2.24, 2.45) is 11.8 Å². The van der Waals surface area contributed by atoms with Crippen molar-refractivity contribution in [3.8, 4) is 22.9 Å². The van der Waals surface area contributed by atoms with Crippen LogP contribution in [0.5, 0.6) is 0 Å². The van der Waals surface area contributed by atoms with E-state index >= 15 is 4.39 Å². The summed E-state index contributed by atoms with van der Waals surface area (Å²) in [4.78, 5) is 32.1. The molecule has 0 radical (unpaired) electrons. The van der Waals surface area contributed by atoms with Gasteiger partial charge in [0.2, 0.25) is 17.3 Å². The Labute approximate surface area is 203 Å². The summed E-state index contributed by atoms with van der Waals surface area (Å²) in [5.41, 5.74) is 0.239. The molecule has 12 heteroatoms. The first-order chi connectivity index (χ1) is 16.9. The van der Waals surface area contributed by atoms with E-state index in [0.717, 1.165) is 25.7 Å². The Kier molecular flexibility index (Phi) is 5.41. The Bertz CT molecular complexity index is 1450. The third-order valence-electron chi connectivity index (χ3n) is 6.87. The van der Waals surface area contributed by atoms with E-state index in [-0.39, 0.29) is 36.3 Å². The number of aromatic nitrogens is 7. The Morgan fingerprint density at radius 3 is 2.66 bits per heavy atom. The number of fused-ring (bicyclic) bond motifs is 1. The van der Waals surface area contributed by atoms with Crippen LogP contribution in [0.15, 0.2) is 27.8 Å². The molecule has 182 valence electrons. The van der Waals surface area contributed by atoms with Crippen LogP contribution >= 0.6 is 11.6 Å². The second kappa shape index (κ2) is 8.49. The van der Waals surface area contributed by atoms with E-state index < -0.39 is 11.4 Å². The van der Waals surface area contributed by atoms with Gasteiger partial charge < -0.3 is 9.30 Å². The fourth-order valence-electron chi connectivity index (χ4n) is 4.91. The van der Waals surface area contributed by atoms with Crippen LogP contribution in [-0.2, 0) is 17.0 Å². The molecule has 1 N–H and O–H groups in total. The standard InChI is InChI=1S/C23H23ClFN7O3/c1-12-2-4-13(5-3-12)9-32-17-16(14-6-15(24)8-26-7-14)27-19(20-30-22(33)35-31-20)28-18(17)29-21(32)23(25)10-34-11-23/h6-8,12-13H,2-5,9-11H2,1H3,(H,30,31,33). The van der Waals surface area contributed by atoms with Crippen LogP contribution in [0.1, 0.15) is 38.4 Å². The molecule has 4 aromatic heterocycles. The molecule has 0 aromatic carbocycles. The highest BCUT2D eigenvalue weighted by molar-refractivity contribution is 6.30. The average Bonchev–Trinajstić information content (AvgIpc) is 3.42. The van der Waals surface area contributed by atoms with Gasteiger partial charge in [0.05, 0.1) is 18.2 Å². The average molecular weight is 500 g/mol. The van der Waals surface area contributed by atoms with Crippen molar-refractivity contribution in [1.29, 1.82) is 0 Å². The van der Waals surface area contributed by atoms with Gasteiger partial charge in [0.1, 0.15) is 11.2 Å². The number of pyridine rings is 1. The maximum Gasteiger partial charge on any atom is 0.439 e. The summed E-state index contributed by atoms with van der Waals surface area (Å²) >= 11 is 6.24. The number of aromatic amines is 1. The lowest BCUT2D eigenvalue weighted by molar-refractivity contribution is -0.141. The maximum absolute atomic E-state index is 15.8. The third kappa shape index (κ3) is 4.02. The van der Waals surface area contributed by atoms with E-state index in [4.69, 9.17) is 16.3 Å². The zero-order chi connectivity index (χ0) is 24.2. The number of ether oxygens (including phenoxy) is 1. The van der Waals surface area contributed by atoms with Gasteiger partial charge in [-0.15, -0.1) is 0 Å². The minimum absolute atomic E-state index is 0.0486. The number of nitrogens with one attached hydrogen (secondary N) is 1. The highest BCUT2D eigenvalue weighted by Gasteiger charge is 2.46. The Hall–Kier alpha value is -3.18. The second-order valence-corrected chi connectivity index (χ2v) is 9.97. The molecule has 0 amide bonds. The van der Waals surface area contributed by atoms with Gasteiger partial charge in [0.25, 0.3) is 0 Å². The van der Waals surface area contributed by atoms with Crippen molar-refractivity contribution in [1.82, 2.24) is 34.6 Å². The number of alkyl halides is 1. The number of halogens is 2. The van der Waals surface area contributed by atoms with Crippen LogP contribution < -0.4 is 5.76 Å². The molecule has 0 bridgehead atoms. The van der Waals surface area contributed by atoms with Crippen LogP contribution in [-0.4, -0.2) is 47.9 Å². The zero-order valence-electron chi connectivity index (χ0n) is 19.0. The Morgan fingerprint density at radius 2 is 2.00 bits per heavy atom. The lowest BCUT2D eigenvalue weighted by atomic mass is 9.83. The molecule has 4 aromatic rings. The number of imidazole rings is 1. The largest absolute Gasteiger partial charge is 0.439 e. The summed E-state index contributed by atoms with van der Waals surface area (Å²) in [6.45, 7) is 2.73. The quantitative estimate of drug-likeness (QED) is 0.438. The molecule has 1 saturated heterocycles. The minimum Gasteiger partial charge on any atom is -0.374 e. The molecule has 6 rings (SSSR count). The number of hydrogen-bond donors (Lipinski definition) is 1. The van der Waals surface area contributed by atoms with Crippen molar-refractivity contribution in [3.63, 3.8) is 0 Å². The van der Waals surface area contributed by atoms with Crippen LogP contribution in [0.3, 0.4) is 0 Å². The van der Waals surface area contributed by atoms with Gasteiger partial charge in [-0.05, 0) is 30.7 Å². The summed E-state index contributed by atoms with van der Waals surface area (Å²) in [5.74, 6) is 0.756. The van der Waals surface area contributed by atoms with Gasteiger partial charge in [0.15, 0.2) is 11.5 Å². The molecule has 0 unspecified atom stereocenters. The van der Waals surface area contributed by atoms with Gasteiger partial charge in [0, 0.05) is 24.5 Å². The van der Waals surface area contributed by atoms with Gasteiger partial charge >= 0.3 is 5.76 Å². The van der Waals surface area contributed by atoms with E-state index in [9.17, 15) is 4.79 Å². The number of hydrogen-bond acceptors (Lipinski definition) is 8. The van der Waals surface area contributed by atoms with Crippen LogP contribution in [0.4, 0.5) is 4.39 Å². The van der Waals surface area contributed by atoms with Gasteiger partial charge in [-0.3, -0.25) is 14.5 Å². The van der Waals surface area contributed by atoms with Crippen LogP contribution in [0.2, 0.25) is 5.02 Å². The molecule has 0 atom stereocenters. The van der Waals surface area contributed by atoms with Crippen molar-refractivity contribution >= 4 is 22.8 Å². The second-order valence-electron chi connectivity index (χ2n) is 9.53. The van der Waals surface area contributed by atoms with Crippen LogP contribution in [0, 0.1) is 11.8 Å². The molecule has 2 fully saturated rings. The summed E-state index contributed by atoms with van der Waals surface area (Å²) in [7, 11) is 0. The molecular formula is C23H23ClFN7O3. The van der Waals surface area contributed by atoms with E-state index in [1.807, 2.05) is 4.57 Å². The maximum atomic E-state index is 15.8. The predicted octanol–water partition coefficient (Wildman–Crippen LogP) is 3.91. The first kappa shape index (κ1) is 22.3. The number of H-pyrrole nitrogens is 1. The Balaban J connectivity index is 1.58. The topological polar surface area (TPSA) is 125 Å². The van der Waals surface area contributed by atoms with Gasteiger partial charge in [-0.2, -0.15) is 0 Å². The minimum atomic E-state index is -1.71. The molecule has 1 aliphatic carbocycles. The lowest BCUT2D eigenvalue weighted by Gasteiger charge is -2.34. The summed E-state index contributed by atoms with van der Waals surface area (Å²) in [6.07, 6.45) is 7.55. The predicted molar refractivity (Wildman–Crippen MR) is 124 cm³/mol. The van der Waals surface area contributed by atoms with E-state index in [1.165, 1.54) is 6.20 Å². The number of rotatable bonds is 5. The van der Waals surface area contributed by atoms with Crippen molar-refractivity contribution in [2.75, 3.05) is 13.2 Å². The normalized spacial score (nSPS) is 21.8. The van der Waals surface area contributed by atoms with Crippen molar-refractivity contribution < 1.29 is 13.7 Å². The Morgan fingerprint density at radius 1 is 1.20 bits per heavy atom. The molecular weight excluding hydrogens is 477 g/mol. The summed E-state index contributed by atoms with van der Waals surface area (Å²) in [5, 5.41) is 4.14. The monoisotopic (exact) mass is 499 g/mol. The first-order valence-corrected chi connectivity index (χ1v) is 12.0. The van der Waals surface area contributed by atoms with Crippen molar-refractivity contribution in [3.05, 3.63) is 39.9 Å². The smallest absolute Gasteiger partial charge is 0.374 e.